The SMILES string of the molecule is CCC(=O)N1CCC(C)(c2ccc3c(N)c(C(=O)NC)sc3n2)CC1. The molecular weight excluding hydrogens is 336 g/mol. The van der Waals surface area contributed by atoms with Crippen LogP contribution in [0.4, 0.5) is 5.69 Å². The molecule has 0 saturated carbocycles. The maximum Gasteiger partial charge on any atom is 0.263 e. The standard InChI is InChI=1S/C18H24N4O2S/c1-4-13(23)22-9-7-18(2,8-10-22)12-6-5-11-14(19)15(16(24)20-3)25-17(11)21-12/h5-6H,4,7-10,19H2,1-3H3,(H,20,24). The van der Waals surface area contributed by atoms with Crippen molar-refractivity contribution < 1.29 is 9.59 Å². The first kappa shape index (κ1) is 17.7. The third kappa shape index (κ3) is 3.08. The van der Waals surface area contributed by atoms with Crippen molar-refractivity contribution in [3.05, 3.63) is 22.7 Å². The molecule has 1 aliphatic rings. The van der Waals surface area contributed by atoms with Crippen LogP contribution in [-0.2, 0) is 10.2 Å². The van der Waals surface area contributed by atoms with Crippen LogP contribution < -0.4 is 11.1 Å². The summed E-state index contributed by atoms with van der Waals surface area (Å²) < 4.78 is 0. The van der Waals surface area contributed by atoms with E-state index < -0.39 is 0 Å². The molecule has 0 bridgehead atoms. The van der Waals surface area contributed by atoms with Gasteiger partial charge in [-0.15, -0.1) is 11.3 Å². The van der Waals surface area contributed by atoms with Crippen LogP contribution in [0.1, 0.15) is 48.5 Å². The van der Waals surface area contributed by atoms with E-state index in [-0.39, 0.29) is 17.2 Å². The molecule has 1 saturated heterocycles. The molecule has 6 nitrogen and oxygen atoms in total. The van der Waals surface area contributed by atoms with Gasteiger partial charge in [0, 0.05) is 43.1 Å². The summed E-state index contributed by atoms with van der Waals surface area (Å²) >= 11 is 1.33. The molecule has 1 fully saturated rings. The van der Waals surface area contributed by atoms with Crippen LogP contribution in [0, 0.1) is 0 Å². The second kappa shape index (κ2) is 6.63. The zero-order chi connectivity index (χ0) is 18.2. The molecule has 3 heterocycles. The number of carbonyl (C=O) groups is 2. The third-order valence-corrected chi connectivity index (χ3v) is 6.28. The van der Waals surface area contributed by atoms with Gasteiger partial charge in [-0.1, -0.05) is 13.8 Å². The van der Waals surface area contributed by atoms with Crippen LogP contribution >= 0.6 is 11.3 Å². The van der Waals surface area contributed by atoms with Crippen molar-refractivity contribution in [2.24, 2.45) is 0 Å². The minimum Gasteiger partial charge on any atom is -0.397 e. The Morgan fingerprint density at radius 3 is 2.64 bits per heavy atom. The average molecular weight is 360 g/mol. The number of hydrogen-bond donors (Lipinski definition) is 2. The van der Waals surface area contributed by atoms with E-state index in [1.54, 1.807) is 7.05 Å². The number of hydrogen-bond acceptors (Lipinski definition) is 5. The molecule has 3 rings (SSSR count). The number of nitrogens with one attached hydrogen (secondary N) is 1. The summed E-state index contributed by atoms with van der Waals surface area (Å²) in [5.41, 5.74) is 7.54. The van der Waals surface area contributed by atoms with E-state index in [4.69, 9.17) is 10.7 Å². The monoisotopic (exact) mass is 360 g/mol. The largest absolute Gasteiger partial charge is 0.397 e. The number of pyridine rings is 1. The fourth-order valence-electron chi connectivity index (χ4n) is 3.34. The van der Waals surface area contributed by atoms with Gasteiger partial charge in [0.15, 0.2) is 0 Å². The number of rotatable bonds is 3. The van der Waals surface area contributed by atoms with Gasteiger partial charge in [-0.25, -0.2) is 4.98 Å². The molecule has 2 aromatic rings. The quantitative estimate of drug-likeness (QED) is 0.880. The van der Waals surface area contributed by atoms with Crippen LogP contribution in [0.2, 0.25) is 0 Å². The Balaban J connectivity index is 1.89. The molecule has 0 spiro atoms. The first-order chi connectivity index (χ1) is 11.9. The minimum absolute atomic E-state index is 0.0648. The van der Waals surface area contributed by atoms with Gasteiger partial charge in [0.05, 0.1) is 5.69 Å². The molecular formula is C18H24N4O2S. The number of carbonyl (C=O) groups excluding carboxylic acids is 2. The van der Waals surface area contributed by atoms with Crippen molar-refractivity contribution >= 4 is 39.1 Å². The Labute approximate surface area is 151 Å². The summed E-state index contributed by atoms with van der Waals surface area (Å²) in [7, 11) is 1.59. The molecule has 25 heavy (non-hydrogen) atoms. The van der Waals surface area contributed by atoms with E-state index >= 15 is 0 Å². The van der Waals surface area contributed by atoms with Crippen LogP contribution in [0.15, 0.2) is 12.1 Å². The van der Waals surface area contributed by atoms with E-state index in [0.717, 1.165) is 41.8 Å². The van der Waals surface area contributed by atoms with Crippen LogP contribution in [-0.4, -0.2) is 41.8 Å². The molecule has 0 radical (unpaired) electrons. The zero-order valence-electron chi connectivity index (χ0n) is 14.9. The lowest BCUT2D eigenvalue weighted by Crippen LogP contribution is -2.44. The normalized spacial score (nSPS) is 16.8. The molecule has 0 unspecified atom stereocenters. The van der Waals surface area contributed by atoms with Gasteiger partial charge in [0.2, 0.25) is 5.91 Å². The number of thiophene rings is 1. The lowest BCUT2D eigenvalue weighted by Gasteiger charge is -2.39. The van der Waals surface area contributed by atoms with Gasteiger partial charge in [-0.05, 0) is 25.0 Å². The highest BCUT2D eigenvalue weighted by Crippen LogP contribution is 2.38. The number of nitrogens with zero attached hydrogens (tertiary/aromatic N) is 2. The summed E-state index contributed by atoms with van der Waals surface area (Å²) in [5, 5.41) is 3.44. The van der Waals surface area contributed by atoms with Crippen molar-refractivity contribution in [3.63, 3.8) is 0 Å². The average Bonchev–Trinajstić information content (AvgIpc) is 2.97. The Morgan fingerprint density at radius 1 is 1.36 bits per heavy atom. The number of nitrogen functional groups attached to an aromatic ring is 1. The Kier molecular flexibility index (Phi) is 4.69. The topological polar surface area (TPSA) is 88.3 Å². The van der Waals surface area contributed by atoms with Gasteiger partial charge in [0.1, 0.15) is 9.71 Å². The maximum absolute atomic E-state index is 11.9. The number of nitrogens with two attached hydrogens (primary N) is 1. The predicted octanol–water partition coefficient (Wildman–Crippen LogP) is 2.53. The molecule has 2 aromatic heterocycles. The Bertz CT molecular complexity index is 822. The minimum atomic E-state index is -0.181. The fraction of sp³-hybridized carbons (Fsp3) is 0.500. The smallest absolute Gasteiger partial charge is 0.263 e. The maximum atomic E-state index is 11.9. The molecule has 0 atom stereocenters. The number of piperidine rings is 1. The summed E-state index contributed by atoms with van der Waals surface area (Å²) in [5.74, 6) is 0.0337. The zero-order valence-corrected chi connectivity index (χ0v) is 15.7. The van der Waals surface area contributed by atoms with Gasteiger partial charge in [0.25, 0.3) is 5.91 Å². The van der Waals surface area contributed by atoms with Crippen LogP contribution in [0.25, 0.3) is 10.2 Å². The fourth-order valence-corrected chi connectivity index (χ4v) is 4.38. The second-order valence-electron chi connectivity index (χ2n) is 6.77. The molecule has 3 N–H and O–H groups in total. The number of likely N-dealkylation sites (tertiary alicyclic amines) is 1. The van der Waals surface area contributed by atoms with Crippen molar-refractivity contribution in [3.8, 4) is 0 Å². The highest BCUT2D eigenvalue weighted by atomic mass is 32.1. The number of amides is 2. The first-order valence-electron chi connectivity index (χ1n) is 8.59. The molecule has 7 heteroatoms. The van der Waals surface area contributed by atoms with E-state index in [9.17, 15) is 9.59 Å². The lowest BCUT2D eigenvalue weighted by atomic mass is 9.77. The van der Waals surface area contributed by atoms with Crippen molar-refractivity contribution in [1.29, 1.82) is 0 Å². The highest BCUT2D eigenvalue weighted by molar-refractivity contribution is 7.21. The van der Waals surface area contributed by atoms with Gasteiger partial charge in [-0.2, -0.15) is 0 Å². The van der Waals surface area contributed by atoms with E-state index in [1.165, 1.54) is 11.3 Å². The second-order valence-corrected chi connectivity index (χ2v) is 7.77. The van der Waals surface area contributed by atoms with Gasteiger partial charge >= 0.3 is 0 Å². The van der Waals surface area contributed by atoms with Crippen molar-refractivity contribution in [2.45, 2.75) is 38.5 Å². The summed E-state index contributed by atoms with van der Waals surface area (Å²) in [6.07, 6.45) is 2.33. The predicted molar refractivity (Wildman–Crippen MR) is 101 cm³/mol. The summed E-state index contributed by atoms with van der Waals surface area (Å²) in [4.78, 5) is 31.9. The Morgan fingerprint density at radius 2 is 2.04 bits per heavy atom. The Hall–Kier alpha value is -2.15. The van der Waals surface area contributed by atoms with Crippen LogP contribution in [0.3, 0.4) is 0 Å². The number of anilines is 1. The lowest BCUT2D eigenvalue weighted by molar-refractivity contribution is -0.132. The highest BCUT2D eigenvalue weighted by Gasteiger charge is 2.34. The van der Waals surface area contributed by atoms with Gasteiger partial charge in [-0.3, -0.25) is 9.59 Å². The van der Waals surface area contributed by atoms with E-state index in [2.05, 4.69) is 12.2 Å². The van der Waals surface area contributed by atoms with E-state index in [0.29, 0.717) is 17.0 Å². The summed E-state index contributed by atoms with van der Waals surface area (Å²) in [6, 6.07) is 3.97. The van der Waals surface area contributed by atoms with E-state index in [1.807, 2.05) is 24.0 Å². The third-order valence-electron chi connectivity index (χ3n) is 5.17. The van der Waals surface area contributed by atoms with Crippen LogP contribution in [0.5, 0.6) is 0 Å². The molecule has 134 valence electrons. The van der Waals surface area contributed by atoms with Gasteiger partial charge < -0.3 is 16.0 Å². The van der Waals surface area contributed by atoms with Crippen molar-refractivity contribution in [2.75, 3.05) is 25.9 Å². The first-order valence-corrected chi connectivity index (χ1v) is 9.40. The molecule has 1 aliphatic heterocycles. The molecule has 2 amide bonds. The molecule has 0 aromatic carbocycles. The van der Waals surface area contributed by atoms with Crippen molar-refractivity contribution in [1.82, 2.24) is 15.2 Å². The number of fused-ring (bicyclic) bond motifs is 1. The summed E-state index contributed by atoms with van der Waals surface area (Å²) in [6.45, 7) is 5.63. The molecule has 0 aliphatic carbocycles. The number of aromatic nitrogens is 1.